The van der Waals surface area contributed by atoms with E-state index in [0.717, 1.165) is 6.07 Å². The van der Waals surface area contributed by atoms with Crippen molar-refractivity contribution in [3.8, 4) is 11.5 Å². The Hall–Kier alpha value is -2.25. The molecular weight excluding hydrogens is 308 g/mol. The summed E-state index contributed by atoms with van der Waals surface area (Å²) in [6.45, 7) is 1.00. The molecule has 0 radical (unpaired) electrons. The van der Waals surface area contributed by atoms with E-state index in [1.807, 2.05) is 0 Å². The molecule has 120 valence electrons. The van der Waals surface area contributed by atoms with E-state index in [0.29, 0.717) is 5.75 Å². The first kappa shape index (κ1) is 16.1. The number of alkyl halides is 2. The summed E-state index contributed by atoms with van der Waals surface area (Å²) >= 11 is 0. The molecule has 1 aromatic rings. The first-order chi connectivity index (χ1) is 10.3. The molecule has 2 rings (SSSR count). The number of halogens is 4. The monoisotopic (exact) mass is 320 g/mol. The fourth-order valence-corrected chi connectivity index (χ4v) is 1.89. The van der Waals surface area contributed by atoms with Crippen molar-refractivity contribution in [2.45, 2.75) is 19.3 Å². The van der Waals surface area contributed by atoms with E-state index in [9.17, 15) is 22.4 Å². The number of fused-ring (bicyclic) bond motifs is 1. The summed E-state index contributed by atoms with van der Waals surface area (Å²) in [5, 5.41) is 0. The lowest BCUT2D eigenvalue weighted by Gasteiger charge is -2.16. The molecule has 0 saturated heterocycles. The molecule has 0 unspecified atom stereocenters. The van der Waals surface area contributed by atoms with Gasteiger partial charge in [-0.25, -0.2) is 4.79 Å². The molecule has 1 heterocycles. The van der Waals surface area contributed by atoms with E-state index >= 15 is 0 Å². The summed E-state index contributed by atoms with van der Waals surface area (Å²) in [5.41, 5.74) is -1.12. The highest BCUT2D eigenvalue weighted by Gasteiger charge is 2.42. The summed E-state index contributed by atoms with van der Waals surface area (Å²) in [5.74, 6) is -5.38. The van der Waals surface area contributed by atoms with Crippen LogP contribution in [0, 0.1) is 0 Å². The standard InChI is InChI=1S/C14H12F4O4/c1-2-20-13(19)14(17,18)6-9(12(15)16)8-3-4-10-11(5-8)22-7-21-10/h3-5H,2,6-7H2,1H3. The number of benzene rings is 1. The van der Waals surface area contributed by atoms with Gasteiger partial charge >= 0.3 is 11.9 Å². The van der Waals surface area contributed by atoms with E-state index in [1.54, 1.807) is 0 Å². The second-order valence-corrected chi connectivity index (χ2v) is 4.41. The van der Waals surface area contributed by atoms with Gasteiger partial charge in [0.15, 0.2) is 11.5 Å². The van der Waals surface area contributed by atoms with Gasteiger partial charge in [0.1, 0.15) is 0 Å². The molecule has 0 fully saturated rings. The van der Waals surface area contributed by atoms with Crippen LogP contribution in [0.4, 0.5) is 17.6 Å². The molecule has 0 bridgehead atoms. The molecule has 0 amide bonds. The quantitative estimate of drug-likeness (QED) is 0.614. The van der Waals surface area contributed by atoms with Crippen LogP contribution in [-0.2, 0) is 9.53 Å². The average Bonchev–Trinajstić information content (AvgIpc) is 2.92. The molecule has 22 heavy (non-hydrogen) atoms. The van der Waals surface area contributed by atoms with Crippen LogP contribution in [0.25, 0.3) is 5.57 Å². The Labute approximate surface area is 123 Å². The summed E-state index contributed by atoms with van der Waals surface area (Å²) < 4.78 is 67.7. The Morgan fingerprint density at radius 2 is 1.95 bits per heavy atom. The molecule has 1 aromatic carbocycles. The normalized spacial score (nSPS) is 13.0. The molecule has 4 nitrogen and oxygen atoms in total. The summed E-state index contributed by atoms with van der Waals surface area (Å²) in [6, 6.07) is 3.70. The molecular formula is C14H12F4O4. The van der Waals surface area contributed by atoms with Crippen molar-refractivity contribution < 1.29 is 36.6 Å². The second kappa shape index (κ2) is 6.25. The smallest absolute Gasteiger partial charge is 0.377 e. The van der Waals surface area contributed by atoms with Crippen LogP contribution in [0.3, 0.4) is 0 Å². The third-order valence-electron chi connectivity index (χ3n) is 2.92. The van der Waals surface area contributed by atoms with Crippen LogP contribution in [0.15, 0.2) is 24.3 Å². The van der Waals surface area contributed by atoms with E-state index in [4.69, 9.17) is 9.47 Å². The van der Waals surface area contributed by atoms with Crippen molar-refractivity contribution in [2.24, 2.45) is 0 Å². The van der Waals surface area contributed by atoms with Crippen molar-refractivity contribution in [1.82, 2.24) is 0 Å². The van der Waals surface area contributed by atoms with Crippen LogP contribution in [0.2, 0.25) is 0 Å². The number of allylic oxidation sites excluding steroid dienone is 1. The predicted molar refractivity (Wildman–Crippen MR) is 67.9 cm³/mol. The van der Waals surface area contributed by atoms with Crippen LogP contribution >= 0.6 is 0 Å². The highest BCUT2D eigenvalue weighted by molar-refractivity contribution is 5.82. The van der Waals surface area contributed by atoms with Crippen LogP contribution in [-0.4, -0.2) is 25.3 Å². The van der Waals surface area contributed by atoms with Gasteiger partial charge in [0.05, 0.1) is 13.0 Å². The number of hydrogen-bond donors (Lipinski definition) is 0. The lowest BCUT2D eigenvalue weighted by atomic mass is 10.00. The fourth-order valence-electron chi connectivity index (χ4n) is 1.89. The maximum absolute atomic E-state index is 13.7. The second-order valence-electron chi connectivity index (χ2n) is 4.41. The van der Waals surface area contributed by atoms with E-state index < -0.39 is 30.0 Å². The highest BCUT2D eigenvalue weighted by atomic mass is 19.3. The van der Waals surface area contributed by atoms with Gasteiger partial charge in [-0.2, -0.15) is 17.6 Å². The molecule has 1 aliphatic rings. The topological polar surface area (TPSA) is 44.8 Å². The van der Waals surface area contributed by atoms with Gasteiger partial charge in [0, 0.05) is 5.57 Å². The minimum atomic E-state index is -4.05. The first-order valence-electron chi connectivity index (χ1n) is 6.34. The molecule has 8 heteroatoms. The van der Waals surface area contributed by atoms with Crippen LogP contribution < -0.4 is 9.47 Å². The Bertz CT molecular complexity index is 609. The van der Waals surface area contributed by atoms with Gasteiger partial charge in [0.25, 0.3) is 6.08 Å². The van der Waals surface area contributed by atoms with Gasteiger partial charge in [-0.1, -0.05) is 6.07 Å². The van der Waals surface area contributed by atoms with Gasteiger partial charge < -0.3 is 14.2 Å². The van der Waals surface area contributed by atoms with Crippen molar-refractivity contribution in [1.29, 1.82) is 0 Å². The minimum Gasteiger partial charge on any atom is -0.462 e. The van der Waals surface area contributed by atoms with E-state index in [1.165, 1.54) is 19.1 Å². The summed E-state index contributed by atoms with van der Waals surface area (Å²) in [6.07, 6.45) is -3.77. The Kier molecular flexibility index (Phi) is 4.58. The van der Waals surface area contributed by atoms with Crippen LogP contribution in [0.1, 0.15) is 18.9 Å². The number of esters is 1. The Morgan fingerprint density at radius 1 is 1.27 bits per heavy atom. The maximum Gasteiger partial charge on any atom is 0.377 e. The number of ether oxygens (including phenoxy) is 3. The van der Waals surface area contributed by atoms with Gasteiger partial charge in [-0.3, -0.25) is 0 Å². The maximum atomic E-state index is 13.7. The van der Waals surface area contributed by atoms with Gasteiger partial charge in [0.2, 0.25) is 6.79 Å². The zero-order chi connectivity index (χ0) is 16.3. The Balaban J connectivity index is 2.29. The highest BCUT2D eigenvalue weighted by Crippen LogP contribution is 2.39. The number of carbonyl (C=O) groups is 1. The molecule has 1 aliphatic heterocycles. The lowest BCUT2D eigenvalue weighted by molar-refractivity contribution is -0.170. The fraction of sp³-hybridized carbons (Fsp3) is 0.357. The summed E-state index contributed by atoms with van der Waals surface area (Å²) in [4.78, 5) is 11.2. The molecule has 0 N–H and O–H groups in total. The summed E-state index contributed by atoms with van der Waals surface area (Å²) in [7, 11) is 0. The average molecular weight is 320 g/mol. The lowest BCUT2D eigenvalue weighted by Crippen LogP contribution is -2.31. The molecule has 0 aliphatic carbocycles. The number of rotatable bonds is 5. The zero-order valence-electron chi connectivity index (χ0n) is 11.5. The van der Waals surface area contributed by atoms with E-state index in [-0.39, 0.29) is 24.7 Å². The minimum absolute atomic E-state index is 0.0745. The largest absolute Gasteiger partial charge is 0.462 e. The predicted octanol–water partition coefficient (Wildman–Crippen LogP) is 3.61. The van der Waals surface area contributed by atoms with Crippen LogP contribution in [0.5, 0.6) is 11.5 Å². The molecule has 0 spiro atoms. The third kappa shape index (κ3) is 3.32. The van der Waals surface area contributed by atoms with Gasteiger partial charge in [-0.15, -0.1) is 0 Å². The van der Waals surface area contributed by atoms with Crippen molar-refractivity contribution in [3.63, 3.8) is 0 Å². The number of hydrogen-bond acceptors (Lipinski definition) is 4. The number of carbonyl (C=O) groups excluding carboxylic acids is 1. The first-order valence-corrected chi connectivity index (χ1v) is 6.34. The van der Waals surface area contributed by atoms with Crippen molar-refractivity contribution in [3.05, 3.63) is 29.8 Å². The van der Waals surface area contributed by atoms with Gasteiger partial charge in [-0.05, 0) is 24.6 Å². The Morgan fingerprint density at radius 3 is 2.59 bits per heavy atom. The van der Waals surface area contributed by atoms with Crippen molar-refractivity contribution >= 4 is 11.5 Å². The van der Waals surface area contributed by atoms with E-state index in [2.05, 4.69) is 4.74 Å². The third-order valence-corrected chi connectivity index (χ3v) is 2.92. The molecule has 0 aromatic heterocycles. The zero-order valence-corrected chi connectivity index (χ0v) is 11.5. The van der Waals surface area contributed by atoms with Crippen molar-refractivity contribution in [2.75, 3.05) is 13.4 Å². The SMILES string of the molecule is CCOC(=O)C(F)(F)CC(=C(F)F)c1ccc2c(c1)OCO2. The molecule has 0 atom stereocenters. The molecule has 0 saturated carbocycles.